The summed E-state index contributed by atoms with van der Waals surface area (Å²) in [5.41, 5.74) is 1.10. The third-order valence-electron chi connectivity index (χ3n) is 3.16. The van der Waals surface area contributed by atoms with Crippen LogP contribution in [0.4, 0.5) is 11.4 Å². The van der Waals surface area contributed by atoms with Crippen LogP contribution in [0.1, 0.15) is 0 Å². The van der Waals surface area contributed by atoms with Crippen molar-refractivity contribution in [1.29, 1.82) is 0 Å². The normalized spacial score (nSPS) is 11.1. The first-order valence-electron chi connectivity index (χ1n) is 6.97. The van der Waals surface area contributed by atoms with Crippen molar-refractivity contribution in [1.82, 2.24) is 0 Å². The van der Waals surface area contributed by atoms with E-state index in [1.165, 1.54) is 11.8 Å². The summed E-state index contributed by atoms with van der Waals surface area (Å²) in [4.78, 5) is 13.3. The number of sulfonamides is 1. The Balaban J connectivity index is 2.23. The molecule has 0 aromatic heterocycles. The van der Waals surface area contributed by atoms with E-state index in [2.05, 4.69) is 21.2 Å². The van der Waals surface area contributed by atoms with Gasteiger partial charge in [-0.15, -0.1) is 11.8 Å². The number of para-hydroxylation sites is 1. The standard InChI is InChI=1S/C16H17BrN2O3S2/c1-23-15-9-4-3-8-14(15)18-16(20)11-19(24(2,21)22)13-7-5-6-12(17)10-13/h3-10H,11H2,1-2H3,(H,18,20). The zero-order chi connectivity index (χ0) is 17.7. The SMILES string of the molecule is CSc1ccccc1NC(=O)CN(c1cccc(Br)c1)S(C)(=O)=O. The molecule has 0 aliphatic heterocycles. The van der Waals surface area contributed by atoms with Gasteiger partial charge < -0.3 is 5.32 Å². The summed E-state index contributed by atoms with van der Waals surface area (Å²) in [5.74, 6) is -0.401. The van der Waals surface area contributed by atoms with Crippen molar-refractivity contribution in [2.45, 2.75) is 4.90 Å². The summed E-state index contributed by atoms with van der Waals surface area (Å²) < 4.78 is 26.0. The highest BCUT2D eigenvalue weighted by molar-refractivity contribution is 9.10. The molecule has 0 aliphatic rings. The van der Waals surface area contributed by atoms with Gasteiger partial charge in [0.1, 0.15) is 6.54 Å². The fourth-order valence-electron chi connectivity index (χ4n) is 2.10. The van der Waals surface area contributed by atoms with E-state index in [-0.39, 0.29) is 6.54 Å². The molecule has 0 radical (unpaired) electrons. The predicted molar refractivity (Wildman–Crippen MR) is 103 cm³/mol. The Kier molecular flexibility index (Phi) is 6.31. The summed E-state index contributed by atoms with van der Waals surface area (Å²) >= 11 is 4.82. The number of halogens is 1. The fourth-order valence-corrected chi connectivity index (χ4v) is 3.89. The molecule has 2 aromatic rings. The number of nitrogens with one attached hydrogen (secondary N) is 1. The first-order valence-corrected chi connectivity index (χ1v) is 10.8. The van der Waals surface area contributed by atoms with Crippen molar-refractivity contribution in [3.63, 3.8) is 0 Å². The van der Waals surface area contributed by atoms with Crippen LogP contribution in [-0.4, -0.2) is 33.4 Å². The number of hydrogen-bond acceptors (Lipinski definition) is 4. The number of hydrogen-bond donors (Lipinski definition) is 1. The summed E-state index contributed by atoms with van der Waals surface area (Å²) in [6.45, 7) is -0.294. The number of amides is 1. The second-order valence-corrected chi connectivity index (χ2v) is 8.67. The van der Waals surface area contributed by atoms with Crippen molar-refractivity contribution < 1.29 is 13.2 Å². The van der Waals surface area contributed by atoms with Crippen LogP contribution in [0.3, 0.4) is 0 Å². The van der Waals surface area contributed by atoms with Gasteiger partial charge in [-0.2, -0.15) is 0 Å². The average molecular weight is 429 g/mol. The monoisotopic (exact) mass is 428 g/mol. The Morgan fingerprint density at radius 3 is 2.54 bits per heavy atom. The summed E-state index contributed by atoms with van der Waals surface area (Å²) in [5, 5.41) is 2.77. The largest absolute Gasteiger partial charge is 0.323 e. The molecule has 0 unspecified atom stereocenters. The molecular weight excluding hydrogens is 412 g/mol. The molecule has 0 saturated heterocycles. The number of rotatable bonds is 6. The molecule has 1 N–H and O–H groups in total. The molecule has 0 heterocycles. The lowest BCUT2D eigenvalue weighted by Crippen LogP contribution is -2.37. The molecule has 0 bridgehead atoms. The smallest absolute Gasteiger partial charge is 0.245 e. The highest BCUT2D eigenvalue weighted by atomic mass is 79.9. The van der Waals surface area contributed by atoms with Gasteiger partial charge >= 0.3 is 0 Å². The number of nitrogens with zero attached hydrogens (tertiary/aromatic N) is 1. The summed E-state index contributed by atoms with van der Waals surface area (Å²) in [6.07, 6.45) is 2.99. The Morgan fingerprint density at radius 1 is 1.21 bits per heavy atom. The zero-order valence-corrected chi connectivity index (χ0v) is 16.4. The van der Waals surface area contributed by atoms with E-state index in [1.807, 2.05) is 24.5 Å². The predicted octanol–water partition coefficient (Wildman–Crippen LogP) is 3.58. The van der Waals surface area contributed by atoms with Gasteiger partial charge in [0.25, 0.3) is 0 Å². The Hall–Kier alpha value is -1.51. The average Bonchev–Trinajstić information content (AvgIpc) is 2.52. The van der Waals surface area contributed by atoms with Crippen LogP contribution >= 0.6 is 27.7 Å². The second kappa shape index (κ2) is 8.04. The van der Waals surface area contributed by atoms with Crippen LogP contribution < -0.4 is 9.62 Å². The highest BCUT2D eigenvalue weighted by Gasteiger charge is 2.21. The van der Waals surface area contributed by atoms with Crippen molar-refractivity contribution >= 4 is 55.0 Å². The van der Waals surface area contributed by atoms with E-state index in [0.29, 0.717) is 11.4 Å². The van der Waals surface area contributed by atoms with Gasteiger partial charge in [0.15, 0.2) is 0 Å². The lowest BCUT2D eigenvalue weighted by molar-refractivity contribution is -0.114. The van der Waals surface area contributed by atoms with E-state index >= 15 is 0 Å². The molecule has 2 rings (SSSR count). The van der Waals surface area contributed by atoms with Crippen LogP contribution in [0, 0.1) is 0 Å². The van der Waals surface area contributed by atoms with Gasteiger partial charge in [-0.25, -0.2) is 8.42 Å². The molecule has 0 fully saturated rings. The van der Waals surface area contributed by atoms with Crippen LogP contribution in [0.5, 0.6) is 0 Å². The zero-order valence-electron chi connectivity index (χ0n) is 13.2. The summed E-state index contributed by atoms with van der Waals surface area (Å²) in [7, 11) is -3.59. The lowest BCUT2D eigenvalue weighted by atomic mass is 10.3. The molecule has 2 aromatic carbocycles. The Labute approximate surface area is 154 Å². The maximum Gasteiger partial charge on any atom is 0.245 e. The molecule has 0 spiro atoms. The third-order valence-corrected chi connectivity index (χ3v) is 5.59. The van der Waals surface area contributed by atoms with Crippen LogP contribution in [0.15, 0.2) is 57.9 Å². The summed E-state index contributed by atoms with van der Waals surface area (Å²) in [6, 6.07) is 14.2. The van der Waals surface area contributed by atoms with E-state index in [9.17, 15) is 13.2 Å². The van der Waals surface area contributed by atoms with E-state index in [4.69, 9.17) is 0 Å². The minimum atomic E-state index is -3.59. The van der Waals surface area contributed by atoms with Gasteiger partial charge in [-0.05, 0) is 36.6 Å². The highest BCUT2D eigenvalue weighted by Crippen LogP contribution is 2.25. The van der Waals surface area contributed by atoms with Crippen LogP contribution in [0.25, 0.3) is 0 Å². The van der Waals surface area contributed by atoms with E-state index < -0.39 is 15.9 Å². The molecule has 128 valence electrons. The number of thioether (sulfide) groups is 1. The molecule has 1 amide bonds. The Bertz CT molecular complexity index is 841. The van der Waals surface area contributed by atoms with Crippen molar-refractivity contribution in [3.05, 3.63) is 53.0 Å². The molecule has 0 atom stereocenters. The van der Waals surface area contributed by atoms with Crippen molar-refractivity contribution in [3.8, 4) is 0 Å². The molecule has 0 aliphatic carbocycles. The van der Waals surface area contributed by atoms with Gasteiger partial charge in [0, 0.05) is 9.37 Å². The molecular formula is C16H17BrN2O3S2. The quantitative estimate of drug-likeness (QED) is 0.713. The van der Waals surface area contributed by atoms with E-state index in [1.54, 1.807) is 30.3 Å². The van der Waals surface area contributed by atoms with Gasteiger partial charge in [0.05, 0.1) is 17.6 Å². The fraction of sp³-hybridized carbons (Fsp3) is 0.188. The first-order chi connectivity index (χ1) is 11.3. The maximum absolute atomic E-state index is 12.4. The molecule has 0 saturated carbocycles. The molecule has 8 heteroatoms. The lowest BCUT2D eigenvalue weighted by Gasteiger charge is -2.22. The topological polar surface area (TPSA) is 66.5 Å². The van der Waals surface area contributed by atoms with Gasteiger partial charge in [0.2, 0.25) is 15.9 Å². The van der Waals surface area contributed by atoms with Gasteiger partial charge in [-0.1, -0.05) is 34.1 Å². The van der Waals surface area contributed by atoms with Crippen LogP contribution in [-0.2, 0) is 14.8 Å². The number of benzene rings is 2. The van der Waals surface area contributed by atoms with Gasteiger partial charge in [-0.3, -0.25) is 9.10 Å². The maximum atomic E-state index is 12.4. The second-order valence-electron chi connectivity index (χ2n) is 5.00. The first kappa shape index (κ1) is 18.8. The molecule has 24 heavy (non-hydrogen) atoms. The van der Waals surface area contributed by atoms with Crippen molar-refractivity contribution in [2.24, 2.45) is 0 Å². The van der Waals surface area contributed by atoms with Crippen LogP contribution in [0.2, 0.25) is 0 Å². The minimum absolute atomic E-state index is 0.294. The van der Waals surface area contributed by atoms with E-state index in [0.717, 1.165) is 19.9 Å². The number of anilines is 2. The Morgan fingerprint density at radius 2 is 1.92 bits per heavy atom. The number of carbonyl (C=O) groups is 1. The van der Waals surface area contributed by atoms with Crippen molar-refractivity contribution in [2.75, 3.05) is 28.7 Å². The third kappa shape index (κ3) is 4.99. The molecule has 5 nitrogen and oxygen atoms in total. The minimum Gasteiger partial charge on any atom is -0.323 e. The number of carbonyl (C=O) groups excluding carboxylic acids is 1.